The van der Waals surface area contributed by atoms with Crippen molar-refractivity contribution in [2.75, 3.05) is 5.32 Å². The zero-order chi connectivity index (χ0) is 14.8. The average molecular weight is 363 g/mol. The fourth-order valence-electron chi connectivity index (χ4n) is 2.17. The van der Waals surface area contributed by atoms with Crippen LogP contribution in [0.5, 0.6) is 0 Å². The van der Waals surface area contributed by atoms with Gasteiger partial charge in [0.05, 0.1) is 6.04 Å². The Morgan fingerprint density at radius 3 is 2.86 bits per heavy atom. The molecule has 0 amide bonds. The summed E-state index contributed by atoms with van der Waals surface area (Å²) in [6, 6.07) is 10.7. The van der Waals surface area contributed by atoms with Crippen LogP contribution in [0.25, 0.3) is 11.4 Å². The van der Waals surface area contributed by atoms with Crippen molar-refractivity contribution in [1.29, 1.82) is 0 Å². The van der Waals surface area contributed by atoms with E-state index in [1.54, 1.807) is 17.7 Å². The third-order valence-electron chi connectivity index (χ3n) is 3.23. The summed E-state index contributed by atoms with van der Waals surface area (Å²) in [7, 11) is 1.95. The van der Waals surface area contributed by atoms with Crippen LogP contribution in [0.15, 0.2) is 46.5 Å². The number of hydrogen-bond acceptors (Lipinski definition) is 4. The number of aromatic nitrogens is 3. The molecule has 1 aromatic carbocycles. The Labute approximate surface area is 136 Å². The second kappa shape index (κ2) is 5.99. The summed E-state index contributed by atoms with van der Waals surface area (Å²) in [4.78, 5) is 1.30. The lowest BCUT2D eigenvalue weighted by atomic mass is 10.1. The van der Waals surface area contributed by atoms with Crippen LogP contribution in [-0.4, -0.2) is 14.8 Å². The van der Waals surface area contributed by atoms with Crippen LogP contribution in [0, 0.1) is 0 Å². The van der Waals surface area contributed by atoms with Crippen molar-refractivity contribution in [2.45, 2.75) is 13.0 Å². The molecule has 4 nitrogen and oxygen atoms in total. The van der Waals surface area contributed by atoms with E-state index in [0.717, 1.165) is 21.5 Å². The van der Waals surface area contributed by atoms with Gasteiger partial charge >= 0.3 is 0 Å². The molecule has 0 saturated carbocycles. The Balaban J connectivity index is 1.82. The van der Waals surface area contributed by atoms with Crippen LogP contribution >= 0.6 is 27.3 Å². The van der Waals surface area contributed by atoms with E-state index in [1.807, 2.05) is 23.7 Å². The number of benzene rings is 1. The van der Waals surface area contributed by atoms with Gasteiger partial charge < -0.3 is 9.88 Å². The third-order valence-corrected chi connectivity index (χ3v) is 5.11. The predicted molar refractivity (Wildman–Crippen MR) is 90.5 cm³/mol. The van der Waals surface area contributed by atoms with Gasteiger partial charge in [0.25, 0.3) is 0 Å². The smallest absolute Gasteiger partial charge is 0.163 e. The Morgan fingerprint density at radius 2 is 2.19 bits per heavy atom. The fourth-order valence-corrected chi connectivity index (χ4v) is 3.62. The lowest BCUT2D eigenvalue weighted by Crippen LogP contribution is -2.05. The zero-order valence-electron chi connectivity index (χ0n) is 11.7. The average Bonchev–Trinajstić information content (AvgIpc) is 3.08. The van der Waals surface area contributed by atoms with Crippen LogP contribution in [0.4, 0.5) is 5.69 Å². The van der Waals surface area contributed by atoms with Crippen LogP contribution in [0.2, 0.25) is 0 Å². The quantitative estimate of drug-likeness (QED) is 0.743. The number of thiophene rings is 1. The lowest BCUT2D eigenvalue weighted by Gasteiger charge is -2.14. The first kappa shape index (κ1) is 14.3. The van der Waals surface area contributed by atoms with E-state index in [0.29, 0.717) is 0 Å². The van der Waals surface area contributed by atoms with E-state index in [4.69, 9.17) is 0 Å². The van der Waals surface area contributed by atoms with E-state index >= 15 is 0 Å². The molecule has 1 N–H and O–H groups in total. The number of rotatable bonds is 4. The molecule has 0 aliphatic rings. The molecule has 0 bridgehead atoms. The van der Waals surface area contributed by atoms with Crippen molar-refractivity contribution in [3.05, 3.63) is 51.4 Å². The Bertz CT molecular complexity index is 749. The molecular formula is C15H15BrN4S. The monoisotopic (exact) mass is 362 g/mol. The molecule has 0 aliphatic heterocycles. The molecule has 21 heavy (non-hydrogen) atoms. The Morgan fingerprint density at radius 1 is 1.33 bits per heavy atom. The van der Waals surface area contributed by atoms with Crippen molar-refractivity contribution >= 4 is 33.0 Å². The molecule has 0 saturated heterocycles. The van der Waals surface area contributed by atoms with E-state index in [1.165, 1.54) is 4.88 Å². The minimum Gasteiger partial charge on any atom is -0.378 e. The fraction of sp³-hybridized carbons (Fsp3) is 0.200. The van der Waals surface area contributed by atoms with Crippen LogP contribution in [0.1, 0.15) is 17.8 Å². The van der Waals surface area contributed by atoms with Gasteiger partial charge in [-0.15, -0.1) is 21.5 Å². The summed E-state index contributed by atoms with van der Waals surface area (Å²) in [5.41, 5.74) is 2.13. The third kappa shape index (κ3) is 3.16. The van der Waals surface area contributed by atoms with Crippen molar-refractivity contribution in [3.8, 4) is 11.4 Å². The summed E-state index contributed by atoms with van der Waals surface area (Å²) in [6.45, 7) is 2.16. The lowest BCUT2D eigenvalue weighted by molar-refractivity contribution is 0.906. The highest BCUT2D eigenvalue weighted by atomic mass is 79.9. The van der Waals surface area contributed by atoms with Gasteiger partial charge in [-0.2, -0.15) is 0 Å². The van der Waals surface area contributed by atoms with Crippen molar-refractivity contribution in [1.82, 2.24) is 14.8 Å². The van der Waals surface area contributed by atoms with E-state index in [2.05, 4.69) is 61.9 Å². The van der Waals surface area contributed by atoms with Crippen LogP contribution in [-0.2, 0) is 7.05 Å². The second-order valence-electron chi connectivity index (χ2n) is 4.88. The van der Waals surface area contributed by atoms with Gasteiger partial charge in [-0.1, -0.05) is 12.1 Å². The minimum absolute atomic E-state index is 0.260. The van der Waals surface area contributed by atoms with Crippen LogP contribution < -0.4 is 5.32 Å². The maximum atomic E-state index is 4.15. The number of halogens is 1. The van der Waals surface area contributed by atoms with Crippen molar-refractivity contribution < 1.29 is 0 Å². The summed E-state index contributed by atoms with van der Waals surface area (Å²) >= 11 is 5.24. The van der Waals surface area contributed by atoms with E-state index in [-0.39, 0.29) is 6.04 Å². The first-order valence-electron chi connectivity index (χ1n) is 6.58. The largest absolute Gasteiger partial charge is 0.378 e. The first-order chi connectivity index (χ1) is 10.1. The summed E-state index contributed by atoms with van der Waals surface area (Å²) < 4.78 is 3.04. The number of anilines is 1. The molecule has 0 radical (unpaired) electrons. The molecule has 1 unspecified atom stereocenters. The second-order valence-corrected chi connectivity index (χ2v) is 6.74. The van der Waals surface area contributed by atoms with Crippen LogP contribution in [0.3, 0.4) is 0 Å². The molecule has 0 fully saturated rings. The zero-order valence-corrected chi connectivity index (χ0v) is 14.1. The SMILES string of the molecule is CC(Nc1cccc(-c2nncn2C)c1)c1cc(Br)cs1. The summed E-state index contributed by atoms with van der Waals surface area (Å²) in [5, 5.41) is 13.7. The molecule has 1 atom stereocenters. The van der Waals surface area contributed by atoms with E-state index < -0.39 is 0 Å². The van der Waals surface area contributed by atoms with Gasteiger partial charge in [-0.25, -0.2) is 0 Å². The molecule has 3 rings (SSSR count). The minimum atomic E-state index is 0.260. The van der Waals surface area contributed by atoms with Gasteiger partial charge in [0.15, 0.2) is 5.82 Å². The molecule has 3 aromatic rings. The van der Waals surface area contributed by atoms with Gasteiger partial charge in [-0.05, 0) is 41.1 Å². The predicted octanol–water partition coefficient (Wildman–Crippen LogP) is 4.48. The van der Waals surface area contributed by atoms with Gasteiger partial charge in [-0.3, -0.25) is 0 Å². The summed E-state index contributed by atoms with van der Waals surface area (Å²) in [5.74, 6) is 0.866. The maximum Gasteiger partial charge on any atom is 0.163 e. The highest BCUT2D eigenvalue weighted by Crippen LogP contribution is 2.29. The molecule has 2 aromatic heterocycles. The highest BCUT2D eigenvalue weighted by molar-refractivity contribution is 9.10. The topological polar surface area (TPSA) is 42.7 Å². The molecule has 0 aliphatic carbocycles. The number of nitrogens with one attached hydrogen (secondary N) is 1. The number of hydrogen-bond donors (Lipinski definition) is 1. The Hall–Kier alpha value is -1.66. The van der Waals surface area contributed by atoms with Gasteiger partial charge in [0, 0.05) is 33.0 Å². The van der Waals surface area contributed by atoms with Gasteiger partial charge in [0.2, 0.25) is 0 Å². The molecule has 2 heterocycles. The van der Waals surface area contributed by atoms with Crippen molar-refractivity contribution in [3.63, 3.8) is 0 Å². The van der Waals surface area contributed by atoms with E-state index in [9.17, 15) is 0 Å². The Kier molecular flexibility index (Phi) is 4.07. The maximum absolute atomic E-state index is 4.15. The molecule has 6 heteroatoms. The first-order valence-corrected chi connectivity index (χ1v) is 8.25. The summed E-state index contributed by atoms with van der Waals surface area (Å²) in [6.07, 6.45) is 1.71. The standard InChI is InChI=1S/C15H15BrN4S/c1-10(14-7-12(16)8-21-14)18-13-5-3-4-11(6-13)15-19-17-9-20(15)2/h3-10,18H,1-2H3. The molecule has 108 valence electrons. The number of nitrogens with zero attached hydrogens (tertiary/aromatic N) is 3. The molecule has 0 spiro atoms. The normalized spacial score (nSPS) is 12.3. The van der Waals surface area contributed by atoms with Gasteiger partial charge in [0.1, 0.15) is 6.33 Å². The van der Waals surface area contributed by atoms with Crippen molar-refractivity contribution in [2.24, 2.45) is 7.05 Å². The molecular weight excluding hydrogens is 348 g/mol. The highest BCUT2D eigenvalue weighted by Gasteiger charge is 2.10. The number of aryl methyl sites for hydroxylation is 1.